The number of nitrogens with one attached hydrogen (secondary N) is 1. The summed E-state index contributed by atoms with van der Waals surface area (Å²) in [5.41, 5.74) is 2.35. The Labute approximate surface area is 125 Å². The number of hydrogen-bond acceptors (Lipinski definition) is 3. The van der Waals surface area contributed by atoms with Gasteiger partial charge in [0.1, 0.15) is 5.82 Å². The van der Waals surface area contributed by atoms with Gasteiger partial charge < -0.3 is 9.88 Å². The molecule has 1 aliphatic rings. The highest BCUT2D eigenvalue weighted by Crippen LogP contribution is 2.17. The van der Waals surface area contributed by atoms with Crippen LogP contribution in [0.3, 0.4) is 0 Å². The van der Waals surface area contributed by atoms with E-state index in [9.17, 15) is 0 Å². The first-order chi connectivity index (χ1) is 9.84. The SMILES string of the molecule is Cn1c(CCCNC2CCCSC2)nc2ccccc21. The number of imidazole rings is 1. The molecule has 1 aromatic carbocycles. The van der Waals surface area contributed by atoms with Crippen LogP contribution in [0.25, 0.3) is 11.0 Å². The lowest BCUT2D eigenvalue weighted by Crippen LogP contribution is -2.34. The van der Waals surface area contributed by atoms with Gasteiger partial charge in [0.25, 0.3) is 0 Å². The maximum absolute atomic E-state index is 4.73. The normalized spacial score (nSPS) is 19.6. The Kier molecular flexibility index (Phi) is 4.63. The van der Waals surface area contributed by atoms with Crippen molar-refractivity contribution >= 4 is 22.8 Å². The van der Waals surface area contributed by atoms with Crippen LogP contribution in [0.1, 0.15) is 25.1 Å². The molecule has 2 aromatic rings. The fourth-order valence-corrected chi connectivity index (χ4v) is 3.98. The standard InChI is InChI=1S/C16H23N3S/c1-19-15-8-3-2-7-14(15)18-16(19)9-4-10-17-13-6-5-11-20-12-13/h2-3,7-8,13,17H,4-6,9-12H2,1H3. The molecule has 108 valence electrons. The van der Waals surface area contributed by atoms with Gasteiger partial charge in [-0.25, -0.2) is 4.98 Å². The summed E-state index contributed by atoms with van der Waals surface area (Å²) in [7, 11) is 2.12. The number of fused-ring (bicyclic) bond motifs is 1. The molecule has 2 heterocycles. The van der Waals surface area contributed by atoms with E-state index in [4.69, 9.17) is 4.98 Å². The van der Waals surface area contributed by atoms with Gasteiger partial charge in [0.05, 0.1) is 11.0 Å². The van der Waals surface area contributed by atoms with E-state index in [1.54, 1.807) is 0 Å². The summed E-state index contributed by atoms with van der Waals surface area (Å²) in [6.07, 6.45) is 4.93. The van der Waals surface area contributed by atoms with E-state index in [-0.39, 0.29) is 0 Å². The Morgan fingerprint density at radius 1 is 1.40 bits per heavy atom. The highest BCUT2D eigenvalue weighted by Gasteiger charge is 2.12. The number of thioether (sulfide) groups is 1. The van der Waals surface area contributed by atoms with Crippen molar-refractivity contribution in [3.63, 3.8) is 0 Å². The van der Waals surface area contributed by atoms with Gasteiger partial charge in [0.2, 0.25) is 0 Å². The highest BCUT2D eigenvalue weighted by atomic mass is 32.2. The van der Waals surface area contributed by atoms with Gasteiger partial charge in [0, 0.05) is 25.3 Å². The van der Waals surface area contributed by atoms with Gasteiger partial charge in [-0.3, -0.25) is 0 Å². The van der Waals surface area contributed by atoms with Crippen molar-refractivity contribution in [3.8, 4) is 0 Å². The molecule has 1 atom stereocenters. The molecule has 1 saturated heterocycles. The number of nitrogens with zero attached hydrogens (tertiary/aromatic N) is 2. The lowest BCUT2D eigenvalue weighted by atomic mass is 10.2. The van der Waals surface area contributed by atoms with Crippen LogP contribution in [0.15, 0.2) is 24.3 Å². The van der Waals surface area contributed by atoms with Crippen LogP contribution in [0.4, 0.5) is 0 Å². The monoisotopic (exact) mass is 289 g/mol. The minimum Gasteiger partial charge on any atom is -0.331 e. The predicted molar refractivity (Wildman–Crippen MR) is 87.4 cm³/mol. The molecule has 3 nitrogen and oxygen atoms in total. The molecule has 0 amide bonds. The van der Waals surface area contributed by atoms with Crippen molar-refractivity contribution in [2.45, 2.75) is 31.7 Å². The first-order valence-corrected chi connectivity index (χ1v) is 8.71. The van der Waals surface area contributed by atoms with Gasteiger partial charge in [-0.15, -0.1) is 0 Å². The summed E-state index contributed by atoms with van der Waals surface area (Å²) in [6, 6.07) is 9.10. The van der Waals surface area contributed by atoms with Crippen molar-refractivity contribution in [2.75, 3.05) is 18.1 Å². The molecule has 1 aliphatic heterocycles. The maximum Gasteiger partial charge on any atom is 0.109 e. The van der Waals surface area contributed by atoms with E-state index in [1.807, 2.05) is 0 Å². The smallest absolute Gasteiger partial charge is 0.109 e. The second-order valence-electron chi connectivity index (χ2n) is 5.55. The minimum absolute atomic E-state index is 0.731. The van der Waals surface area contributed by atoms with Crippen LogP contribution in [0.5, 0.6) is 0 Å². The van der Waals surface area contributed by atoms with E-state index in [2.05, 4.69) is 53.0 Å². The molecule has 0 radical (unpaired) electrons. The third kappa shape index (κ3) is 3.18. The molecule has 0 spiro atoms. The summed E-state index contributed by atoms with van der Waals surface area (Å²) in [5.74, 6) is 3.83. The number of hydrogen-bond donors (Lipinski definition) is 1. The fraction of sp³-hybridized carbons (Fsp3) is 0.562. The van der Waals surface area contributed by atoms with E-state index in [0.29, 0.717) is 0 Å². The average Bonchev–Trinajstić information content (AvgIpc) is 2.82. The third-order valence-corrected chi connectivity index (χ3v) is 5.27. The van der Waals surface area contributed by atoms with Crippen LogP contribution in [0.2, 0.25) is 0 Å². The number of benzene rings is 1. The lowest BCUT2D eigenvalue weighted by molar-refractivity contribution is 0.498. The molecule has 0 bridgehead atoms. The van der Waals surface area contributed by atoms with Crippen LogP contribution in [-0.4, -0.2) is 33.6 Å². The van der Waals surface area contributed by atoms with Gasteiger partial charge in [-0.1, -0.05) is 12.1 Å². The summed E-state index contributed by atoms with van der Waals surface area (Å²) in [5, 5.41) is 3.69. The molecule has 3 rings (SSSR count). The molecular formula is C16H23N3S. The minimum atomic E-state index is 0.731. The topological polar surface area (TPSA) is 29.9 Å². The zero-order valence-electron chi connectivity index (χ0n) is 12.1. The number of aromatic nitrogens is 2. The zero-order valence-corrected chi connectivity index (χ0v) is 13.0. The van der Waals surface area contributed by atoms with Gasteiger partial charge in [0.15, 0.2) is 0 Å². The van der Waals surface area contributed by atoms with Gasteiger partial charge >= 0.3 is 0 Å². The number of para-hydroxylation sites is 2. The fourth-order valence-electron chi connectivity index (χ4n) is 2.87. The van der Waals surface area contributed by atoms with E-state index in [1.165, 1.54) is 42.1 Å². The molecular weight excluding hydrogens is 266 g/mol. The van der Waals surface area contributed by atoms with Crippen LogP contribution in [0, 0.1) is 0 Å². The van der Waals surface area contributed by atoms with Crippen molar-refractivity contribution < 1.29 is 0 Å². The Morgan fingerprint density at radius 2 is 2.30 bits per heavy atom. The second kappa shape index (κ2) is 6.64. The maximum atomic E-state index is 4.73. The molecule has 1 N–H and O–H groups in total. The summed E-state index contributed by atoms with van der Waals surface area (Å²) in [6.45, 7) is 1.11. The van der Waals surface area contributed by atoms with Crippen molar-refractivity contribution in [1.82, 2.24) is 14.9 Å². The van der Waals surface area contributed by atoms with E-state index >= 15 is 0 Å². The molecule has 1 aromatic heterocycles. The second-order valence-corrected chi connectivity index (χ2v) is 6.70. The molecule has 4 heteroatoms. The molecule has 0 saturated carbocycles. The van der Waals surface area contributed by atoms with Crippen molar-refractivity contribution in [2.24, 2.45) is 7.05 Å². The first-order valence-electron chi connectivity index (χ1n) is 7.56. The molecule has 1 fully saturated rings. The Morgan fingerprint density at radius 3 is 3.10 bits per heavy atom. The molecule has 20 heavy (non-hydrogen) atoms. The first kappa shape index (κ1) is 14.0. The Balaban J connectivity index is 1.51. The van der Waals surface area contributed by atoms with Crippen LogP contribution >= 0.6 is 11.8 Å². The van der Waals surface area contributed by atoms with Crippen molar-refractivity contribution in [1.29, 1.82) is 0 Å². The molecule has 1 unspecified atom stereocenters. The van der Waals surface area contributed by atoms with Crippen LogP contribution < -0.4 is 5.32 Å². The Hall–Kier alpha value is -1.00. The average molecular weight is 289 g/mol. The Bertz CT molecular complexity index is 558. The van der Waals surface area contributed by atoms with E-state index in [0.717, 1.165) is 24.5 Å². The van der Waals surface area contributed by atoms with Gasteiger partial charge in [-0.05, 0) is 43.7 Å². The summed E-state index contributed by atoms with van der Waals surface area (Å²) < 4.78 is 2.23. The lowest BCUT2D eigenvalue weighted by Gasteiger charge is -2.22. The van der Waals surface area contributed by atoms with Gasteiger partial charge in [-0.2, -0.15) is 11.8 Å². The third-order valence-electron chi connectivity index (χ3n) is 4.05. The van der Waals surface area contributed by atoms with E-state index < -0.39 is 0 Å². The zero-order chi connectivity index (χ0) is 13.8. The van der Waals surface area contributed by atoms with Crippen molar-refractivity contribution in [3.05, 3.63) is 30.1 Å². The van der Waals surface area contributed by atoms with Crippen LogP contribution in [-0.2, 0) is 13.5 Å². The number of rotatable bonds is 5. The predicted octanol–water partition coefficient (Wildman–Crippen LogP) is 2.99. The quantitative estimate of drug-likeness (QED) is 0.858. The summed E-state index contributed by atoms with van der Waals surface area (Å²) in [4.78, 5) is 4.73. The largest absolute Gasteiger partial charge is 0.331 e. The molecule has 0 aliphatic carbocycles. The highest BCUT2D eigenvalue weighted by molar-refractivity contribution is 7.99. The number of aryl methyl sites for hydroxylation is 2. The summed E-state index contributed by atoms with van der Waals surface area (Å²) >= 11 is 2.08.